The van der Waals surface area contributed by atoms with Crippen LogP contribution in [0.2, 0.25) is 0 Å². The van der Waals surface area contributed by atoms with Gasteiger partial charge < -0.3 is 4.74 Å². The maximum absolute atomic E-state index is 5.76. The summed E-state index contributed by atoms with van der Waals surface area (Å²) < 4.78 is 5.76. The number of nitrogens with zero attached hydrogens (tertiary/aromatic N) is 1. The van der Waals surface area contributed by atoms with Crippen LogP contribution in [-0.2, 0) is 10.8 Å². The van der Waals surface area contributed by atoms with E-state index in [0.717, 1.165) is 17.0 Å². The van der Waals surface area contributed by atoms with Crippen LogP contribution in [0.3, 0.4) is 0 Å². The Morgan fingerprint density at radius 2 is 1.67 bits per heavy atom. The van der Waals surface area contributed by atoms with Crippen molar-refractivity contribution in [3.63, 3.8) is 0 Å². The molecule has 0 saturated heterocycles. The van der Waals surface area contributed by atoms with E-state index >= 15 is 0 Å². The van der Waals surface area contributed by atoms with Crippen molar-refractivity contribution in [3.05, 3.63) is 34.2 Å². The second kappa shape index (κ2) is 5.45. The molecule has 0 bridgehead atoms. The largest absolute Gasteiger partial charge is 0.496 e. The van der Waals surface area contributed by atoms with Gasteiger partial charge in [0, 0.05) is 16.5 Å². The van der Waals surface area contributed by atoms with Crippen LogP contribution in [0.4, 0.5) is 0 Å². The minimum Gasteiger partial charge on any atom is -0.496 e. The van der Waals surface area contributed by atoms with Gasteiger partial charge in [-0.2, -0.15) is 0 Å². The molecule has 0 N–H and O–H groups in total. The number of thiazole rings is 1. The first-order valence-corrected chi connectivity index (χ1v) is 8.20. The minimum absolute atomic E-state index is 0.0252. The second-order valence-electron chi connectivity index (χ2n) is 7.48. The fraction of sp³-hybridized carbons (Fsp3) is 0.500. The number of aromatic nitrogens is 1. The van der Waals surface area contributed by atoms with Crippen molar-refractivity contribution in [1.29, 1.82) is 0 Å². The summed E-state index contributed by atoms with van der Waals surface area (Å²) in [5.41, 5.74) is 6.63. The van der Waals surface area contributed by atoms with Crippen LogP contribution in [0.25, 0.3) is 11.3 Å². The molecule has 0 amide bonds. The van der Waals surface area contributed by atoms with E-state index in [1.165, 1.54) is 11.1 Å². The normalized spacial score (nSPS) is 12.5. The lowest BCUT2D eigenvalue weighted by Gasteiger charge is -2.28. The van der Waals surface area contributed by atoms with Gasteiger partial charge in [0.15, 0.2) is 0 Å². The van der Waals surface area contributed by atoms with Gasteiger partial charge in [-0.3, -0.25) is 0 Å². The van der Waals surface area contributed by atoms with Crippen LogP contribution < -0.4 is 4.74 Å². The fourth-order valence-electron chi connectivity index (χ4n) is 2.37. The molecule has 2 rings (SSSR count). The summed E-state index contributed by atoms with van der Waals surface area (Å²) in [4.78, 5) is 4.48. The van der Waals surface area contributed by atoms with Crippen LogP contribution in [0.1, 0.15) is 52.7 Å². The highest BCUT2D eigenvalue weighted by Crippen LogP contribution is 2.42. The van der Waals surface area contributed by atoms with Crippen molar-refractivity contribution in [2.24, 2.45) is 0 Å². The number of hydrogen-bond donors (Lipinski definition) is 0. The number of benzene rings is 1. The van der Waals surface area contributed by atoms with Crippen molar-refractivity contribution < 1.29 is 4.74 Å². The third kappa shape index (κ3) is 3.29. The molecular weight excluding hydrogens is 278 g/mol. The van der Waals surface area contributed by atoms with Crippen molar-refractivity contribution >= 4 is 11.3 Å². The highest BCUT2D eigenvalue weighted by atomic mass is 32.1. The van der Waals surface area contributed by atoms with E-state index in [-0.39, 0.29) is 10.8 Å². The zero-order valence-corrected chi connectivity index (χ0v) is 14.9. The molecular formula is C18H25NOS. The molecule has 0 fully saturated rings. The average Bonchev–Trinajstić information content (AvgIpc) is 2.88. The van der Waals surface area contributed by atoms with Crippen LogP contribution in [0, 0.1) is 0 Å². The van der Waals surface area contributed by atoms with Gasteiger partial charge in [-0.1, -0.05) is 47.6 Å². The molecule has 0 atom stereocenters. The molecule has 0 unspecified atom stereocenters. The van der Waals surface area contributed by atoms with Crippen molar-refractivity contribution in [3.8, 4) is 17.0 Å². The molecule has 0 spiro atoms. The quantitative estimate of drug-likeness (QED) is 0.739. The van der Waals surface area contributed by atoms with Gasteiger partial charge >= 0.3 is 0 Å². The zero-order chi connectivity index (χ0) is 15.8. The lowest BCUT2D eigenvalue weighted by molar-refractivity contribution is 0.398. The van der Waals surface area contributed by atoms with Gasteiger partial charge in [0.2, 0.25) is 0 Å². The van der Waals surface area contributed by atoms with Gasteiger partial charge in [0.05, 0.1) is 18.3 Å². The molecule has 0 aliphatic rings. The second-order valence-corrected chi connectivity index (χ2v) is 8.20. The van der Waals surface area contributed by atoms with E-state index < -0.39 is 0 Å². The molecule has 1 aromatic carbocycles. The van der Waals surface area contributed by atoms with Crippen LogP contribution >= 0.6 is 11.3 Å². The molecule has 0 aliphatic heterocycles. The first-order valence-electron chi connectivity index (χ1n) is 7.26. The first kappa shape index (κ1) is 16.0. The Morgan fingerprint density at radius 1 is 1.00 bits per heavy atom. The van der Waals surface area contributed by atoms with Gasteiger partial charge in [-0.25, -0.2) is 4.98 Å². The van der Waals surface area contributed by atoms with Gasteiger partial charge in [0.25, 0.3) is 0 Å². The van der Waals surface area contributed by atoms with Crippen LogP contribution in [-0.4, -0.2) is 12.1 Å². The third-order valence-electron chi connectivity index (χ3n) is 3.68. The predicted octanol–water partition coefficient (Wildman–Crippen LogP) is 5.41. The lowest BCUT2D eigenvalue weighted by atomic mass is 9.78. The fourth-order valence-corrected chi connectivity index (χ4v) is 2.93. The molecule has 114 valence electrons. The Labute approximate surface area is 132 Å². The van der Waals surface area contributed by atoms with Crippen LogP contribution in [0.15, 0.2) is 23.0 Å². The van der Waals surface area contributed by atoms with E-state index in [4.69, 9.17) is 4.74 Å². The molecule has 21 heavy (non-hydrogen) atoms. The zero-order valence-electron chi connectivity index (χ0n) is 14.1. The van der Waals surface area contributed by atoms with Crippen molar-refractivity contribution in [2.75, 3.05) is 7.11 Å². The molecule has 1 heterocycles. The Hall–Kier alpha value is -1.35. The molecule has 0 radical (unpaired) electrons. The standard InChI is InChI=1S/C18H25NOS/c1-17(2,3)12-8-13(15-10-21-11-19-15)16(20-7)14(9-12)18(4,5)6/h8-11H,1-7H3. The Morgan fingerprint density at radius 3 is 2.10 bits per heavy atom. The van der Waals surface area contributed by atoms with Crippen LogP contribution in [0.5, 0.6) is 5.75 Å². The maximum Gasteiger partial charge on any atom is 0.132 e. The van der Waals surface area contributed by atoms with E-state index in [9.17, 15) is 0 Å². The lowest BCUT2D eigenvalue weighted by Crippen LogP contribution is -2.18. The molecule has 0 saturated carbocycles. The molecule has 1 aromatic heterocycles. The predicted molar refractivity (Wildman–Crippen MR) is 91.5 cm³/mol. The number of methoxy groups -OCH3 is 1. The summed E-state index contributed by atoms with van der Waals surface area (Å²) >= 11 is 1.61. The summed E-state index contributed by atoms with van der Waals surface area (Å²) in [6.45, 7) is 13.4. The molecule has 2 nitrogen and oxygen atoms in total. The average molecular weight is 303 g/mol. The summed E-state index contributed by atoms with van der Waals surface area (Å²) in [6.07, 6.45) is 0. The van der Waals surface area contributed by atoms with Crippen molar-refractivity contribution in [1.82, 2.24) is 4.98 Å². The number of rotatable bonds is 2. The topological polar surface area (TPSA) is 22.1 Å². The third-order valence-corrected chi connectivity index (χ3v) is 4.26. The first-order chi connectivity index (χ1) is 9.64. The Balaban J connectivity index is 2.79. The summed E-state index contributed by atoms with van der Waals surface area (Å²) in [5.74, 6) is 0.946. The van der Waals surface area contributed by atoms with Gasteiger partial charge in [0.1, 0.15) is 5.75 Å². The number of ether oxygens (including phenoxy) is 1. The van der Waals surface area contributed by atoms with E-state index in [2.05, 4.69) is 64.0 Å². The molecule has 3 heteroatoms. The monoisotopic (exact) mass is 303 g/mol. The van der Waals surface area contributed by atoms with Gasteiger partial charge in [-0.05, 0) is 22.5 Å². The molecule has 0 aliphatic carbocycles. The SMILES string of the molecule is COc1c(-c2cscn2)cc(C(C)(C)C)cc1C(C)(C)C. The Bertz CT molecular complexity index is 616. The highest BCUT2D eigenvalue weighted by molar-refractivity contribution is 7.07. The number of hydrogen-bond acceptors (Lipinski definition) is 3. The smallest absolute Gasteiger partial charge is 0.132 e. The van der Waals surface area contributed by atoms with Crippen molar-refractivity contribution in [2.45, 2.75) is 52.4 Å². The van der Waals surface area contributed by atoms with Gasteiger partial charge in [-0.15, -0.1) is 11.3 Å². The highest BCUT2D eigenvalue weighted by Gasteiger charge is 2.26. The summed E-state index contributed by atoms with van der Waals surface area (Å²) in [6, 6.07) is 4.51. The van der Waals surface area contributed by atoms with E-state index in [1.807, 2.05) is 5.51 Å². The Kier molecular flexibility index (Phi) is 4.16. The van der Waals surface area contributed by atoms with E-state index in [1.54, 1.807) is 18.4 Å². The minimum atomic E-state index is 0.0252. The van der Waals surface area contributed by atoms with E-state index in [0.29, 0.717) is 0 Å². The summed E-state index contributed by atoms with van der Waals surface area (Å²) in [7, 11) is 1.75. The summed E-state index contributed by atoms with van der Waals surface area (Å²) in [5, 5.41) is 2.08. The molecule has 2 aromatic rings. The maximum atomic E-state index is 5.76.